The first-order valence-corrected chi connectivity index (χ1v) is 16.2. The summed E-state index contributed by atoms with van der Waals surface area (Å²) in [5.74, 6) is -0.530. The highest BCUT2D eigenvalue weighted by molar-refractivity contribution is 5.54. The number of aromatic nitrogens is 6. The second kappa shape index (κ2) is 13.2. The first-order valence-electron chi connectivity index (χ1n) is 16.2. The first kappa shape index (κ1) is 31.6. The minimum absolute atomic E-state index is 0.00139. The van der Waals surface area contributed by atoms with Crippen molar-refractivity contribution in [1.82, 2.24) is 29.1 Å². The fourth-order valence-electron chi connectivity index (χ4n) is 6.65. The van der Waals surface area contributed by atoms with Crippen LogP contribution in [0.15, 0.2) is 90.5 Å². The largest absolute Gasteiger partial charge is 0.493 e. The summed E-state index contributed by atoms with van der Waals surface area (Å²) in [5.41, 5.74) is 2.19. The van der Waals surface area contributed by atoms with Crippen LogP contribution in [0.2, 0.25) is 0 Å². The summed E-state index contributed by atoms with van der Waals surface area (Å²) in [5, 5.41) is 8.40. The van der Waals surface area contributed by atoms with E-state index in [0.717, 1.165) is 55.1 Å². The first-order chi connectivity index (χ1) is 23.3. The lowest BCUT2D eigenvalue weighted by Gasteiger charge is -2.37. The predicted molar refractivity (Wildman–Crippen MR) is 177 cm³/mol. The molecule has 4 heterocycles. The minimum atomic E-state index is -1.01. The molecule has 3 aromatic carbocycles. The van der Waals surface area contributed by atoms with Gasteiger partial charge in [0.15, 0.2) is 0 Å². The Bertz CT molecular complexity index is 1880. The number of hydrogen-bond acceptors (Lipinski definition) is 8. The highest BCUT2D eigenvalue weighted by atomic mass is 19.1. The number of ether oxygens (including phenoxy) is 2. The topological polar surface area (TPSA) is 95.5 Å². The van der Waals surface area contributed by atoms with Gasteiger partial charge in [-0.15, -0.1) is 0 Å². The lowest BCUT2D eigenvalue weighted by Crippen LogP contribution is -2.46. The Morgan fingerprint density at radius 1 is 0.896 bits per heavy atom. The van der Waals surface area contributed by atoms with Crippen LogP contribution in [0.5, 0.6) is 5.75 Å². The van der Waals surface area contributed by atoms with Crippen LogP contribution in [0, 0.1) is 17.6 Å². The fourth-order valence-corrected chi connectivity index (χ4v) is 6.65. The van der Waals surface area contributed by atoms with E-state index >= 15 is 0 Å². The van der Waals surface area contributed by atoms with Gasteiger partial charge in [0.05, 0.1) is 31.5 Å². The van der Waals surface area contributed by atoms with Gasteiger partial charge in [-0.2, -0.15) is 10.2 Å². The molecule has 2 aromatic heterocycles. The van der Waals surface area contributed by atoms with Gasteiger partial charge in [-0.25, -0.2) is 32.5 Å². The van der Waals surface area contributed by atoms with E-state index in [4.69, 9.17) is 9.47 Å². The van der Waals surface area contributed by atoms with Gasteiger partial charge in [0.1, 0.15) is 42.0 Å². The third-order valence-electron chi connectivity index (χ3n) is 9.16. The zero-order valence-electron chi connectivity index (χ0n) is 27.0. The van der Waals surface area contributed by atoms with Crippen LogP contribution in [0.4, 0.5) is 20.2 Å². The van der Waals surface area contributed by atoms with Crippen molar-refractivity contribution in [3.05, 3.63) is 113 Å². The molecule has 7 rings (SSSR count). The second-order valence-electron chi connectivity index (χ2n) is 12.7. The van der Waals surface area contributed by atoms with Crippen molar-refractivity contribution < 1.29 is 18.3 Å². The molecule has 0 bridgehead atoms. The predicted octanol–water partition coefficient (Wildman–Crippen LogP) is 4.82. The molecule has 0 amide bonds. The molecule has 48 heavy (non-hydrogen) atoms. The molecule has 0 saturated carbocycles. The third kappa shape index (κ3) is 6.42. The third-order valence-corrected chi connectivity index (χ3v) is 9.16. The van der Waals surface area contributed by atoms with Gasteiger partial charge in [-0.1, -0.05) is 6.07 Å². The van der Waals surface area contributed by atoms with Gasteiger partial charge in [-0.3, -0.25) is 0 Å². The summed E-state index contributed by atoms with van der Waals surface area (Å²) < 4.78 is 45.7. The Kier molecular flexibility index (Phi) is 8.69. The molecule has 250 valence electrons. The average molecular weight is 657 g/mol. The van der Waals surface area contributed by atoms with Crippen molar-refractivity contribution in [2.24, 2.45) is 5.92 Å². The molecule has 13 heteroatoms. The average Bonchev–Trinajstić information content (AvgIpc) is 3.85. The minimum Gasteiger partial charge on any atom is -0.493 e. The number of anilines is 2. The van der Waals surface area contributed by atoms with E-state index in [2.05, 4.69) is 49.2 Å². The van der Waals surface area contributed by atoms with E-state index in [0.29, 0.717) is 25.2 Å². The highest BCUT2D eigenvalue weighted by Gasteiger charge is 2.44. The van der Waals surface area contributed by atoms with Crippen LogP contribution >= 0.6 is 0 Å². The van der Waals surface area contributed by atoms with E-state index in [9.17, 15) is 13.6 Å². The molecule has 0 N–H and O–H groups in total. The van der Waals surface area contributed by atoms with Gasteiger partial charge < -0.3 is 19.3 Å². The zero-order chi connectivity index (χ0) is 33.3. The number of benzene rings is 3. The van der Waals surface area contributed by atoms with Crippen molar-refractivity contribution in [1.29, 1.82) is 0 Å². The van der Waals surface area contributed by atoms with Crippen molar-refractivity contribution in [2.75, 3.05) is 49.2 Å². The Balaban J connectivity index is 0.929. The summed E-state index contributed by atoms with van der Waals surface area (Å²) in [7, 11) is 0. The maximum Gasteiger partial charge on any atom is 0.350 e. The second-order valence-corrected chi connectivity index (χ2v) is 12.7. The van der Waals surface area contributed by atoms with Gasteiger partial charge in [0.2, 0.25) is 0 Å². The molecule has 2 aliphatic rings. The van der Waals surface area contributed by atoms with Crippen LogP contribution < -0.4 is 20.2 Å². The Morgan fingerprint density at radius 2 is 1.56 bits per heavy atom. The summed E-state index contributed by atoms with van der Waals surface area (Å²) >= 11 is 0. The Labute approximate surface area is 276 Å². The van der Waals surface area contributed by atoms with Crippen LogP contribution in [0.1, 0.15) is 31.9 Å². The number of piperazine rings is 1. The Hall–Kier alpha value is -5.04. The maximum atomic E-state index is 14.9. The number of halogens is 2. The molecule has 0 unspecified atom stereocenters. The maximum absolute atomic E-state index is 14.9. The summed E-state index contributed by atoms with van der Waals surface area (Å²) in [6.07, 6.45) is 5.04. The summed E-state index contributed by atoms with van der Waals surface area (Å²) in [6.45, 7) is 8.38. The van der Waals surface area contributed by atoms with Crippen LogP contribution in [0.3, 0.4) is 0 Å². The summed E-state index contributed by atoms with van der Waals surface area (Å²) in [6, 6.07) is 19.7. The molecule has 2 aliphatic heterocycles. The standard InChI is InChI=1S/C35H38F2N8O3/c1-25(2)45-34(46)44(24-40-45)30-6-4-28(5-7-30)41-13-15-42(16-14-41)29-8-10-31(11-9-29)47-19-26-18-35(48-20-26,21-43-23-38-22-39-43)32-12-3-27(36)17-33(32)37/h3-12,17,22-26H,13-16,18-21H2,1-2H3/t26-,35+/m1/s1. The fraction of sp³-hybridized carbons (Fsp3) is 0.371. The van der Waals surface area contributed by atoms with Gasteiger partial charge in [0, 0.05) is 55.1 Å². The number of rotatable bonds is 10. The van der Waals surface area contributed by atoms with Crippen molar-refractivity contribution in [2.45, 2.75) is 38.5 Å². The van der Waals surface area contributed by atoms with Crippen LogP contribution in [-0.2, 0) is 16.9 Å². The lowest BCUT2D eigenvalue weighted by molar-refractivity contribution is -0.0206. The lowest BCUT2D eigenvalue weighted by atomic mass is 9.87. The highest BCUT2D eigenvalue weighted by Crippen LogP contribution is 2.42. The normalized spacial score (nSPS) is 19.7. The van der Waals surface area contributed by atoms with Crippen LogP contribution in [-0.4, -0.2) is 68.5 Å². The molecule has 2 saturated heterocycles. The van der Waals surface area contributed by atoms with Crippen molar-refractivity contribution in [3.8, 4) is 11.4 Å². The Morgan fingerprint density at radius 3 is 2.17 bits per heavy atom. The van der Waals surface area contributed by atoms with E-state index in [1.165, 1.54) is 23.1 Å². The summed E-state index contributed by atoms with van der Waals surface area (Å²) in [4.78, 5) is 21.3. The van der Waals surface area contributed by atoms with E-state index in [1.807, 2.05) is 38.1 Å². The molecular weight excluding hydrogens is 618 g/mol. The van der Waals surface area contributed by atoms with E-state index < -0.39 is 17.2 Å². The molecule has 0 aliphatic carbocycles. The van der Waals surface area contributed by atoms with Crippen molar-refractivity contribution >= 4 is 11.4 Å². The van der Waals surface area contributed by atoms with Crippen LogP contribution in [0.25, 0.3) is 5.69 Å². The van der Waals surface area contributed by atoms with Gasteiger partial charge in [0.25, 0.3) is 0 Å². The molecule has 5 aromatic rings. The smallest absolute Gasteiger partial charge is 0.350 e. The monoisotopic (exact) mass is 656 g/mol. The molecule has 0 spiro atoms. The molecule has 2 fully saturated rings. The zero-order valence-corrected chi connectivity index (χ0v) is 27.0. The molecule has 0 radical (unpaired) electrons. The van der Waals surface area contributed by atoms with E-state index in [-0.39, 0.29) is 24.2 Å². The SMILES string of the molecule is CC(C)n1ncn(-c2ccc(N3CCN(c4ccc(OC[C@@H]5CO[C@@](Cn6cncn6)(c6ccc(F)cc6F)C5)cc4)CC3)cc2)c1=O. The molecular formula is C35H38F2N8O3. The van der Waals surface area contributed by atoms with Gasteiger partial charge in [-0.05, 0) is 74.9 Å². The van der Waals surface area contributed by atoms with Crippen molar-refractivity contribution in [3.63, 3.8) is 0 Å². The quantitative estimate of drug-likeness (QED) is 0.211. The van der Waals surface area contributed by atoms with Gasteiger partial charge >= 0.3 is 5.69 Å². The molecule has 2 atom stereocenters. The molecule has 11 nitrogen and oxygen atoms in total. The number of hydrogen-bond donors (Lipinski definition) is 0. The van der Waals surface area contributed by atoms with E-state index in [1.54, 1.807) is 21.9 Å². The number of nitrogens with zero attached hydrogens (tertiary/aromatic N) is 8.